The van der Waals surface area contributed by atoms with Crippen molar-refractivity contribution in [2.75, 3.05) is 0 Å². The molecule has 0 radical (unpaired) electrons. The number of carbonyl (C=O) groups excluding carboxylic acids is 2. The van der Waals surface area contributed by atoms with Gasteiger partial charge in [-0.25, -0.2) is 0 Å². The van der Waals surface area contributed by atoms with Crippen LogP contribution in [0.15, 0.2) is 23.8 Å². The fraction of sp³-hybridized carbons (Fsp3) is 0.333. The van der Waals surface area contributed by atoms with Gasteiger partial charge in [0, 0.05) is 5.57 Å². The van der Waals surface area contributed by atoms with Crippen molar-refractivity contribution in [2.45, 2.75) is 19.8 Å². The molecule has 0 saturated carbocycles. The molecule has 0 aromatic carbocycles. The predicted octanol–water partition coefficient (Wildman–Crippen LogP) is 1.42. The summed E-state index contributed by atoms with van der Waals surface area (Å²) in [6.45, 7) is 5.22. The Hall–Kier alpha value is -1.18. The number of carbonyl (C=O) groups is 2. The molecule has 2 nitrogen and oxygen atoms in total. The molecule has 1 aliphatic carbocycles. The maximum atomic E-state index is 11.1. The molecule has 11 heavy (non-hydrogen) atoms. The normalized spacial score (nSPS) is 17.9. The van der Waals surface area contributed by atoms with Crippen molar-refractivity contribution < 1.29 is 9.59 Å². The van der Waals surface area contributed by atoms with E-state index in [1.807, 2.05) is 0 Å². The third-order valence-corrected chi connectivity index (χ3v) is 1.88. The second-order valence-corrected chi connectivity index (χ2v) is 2.62. The molecule has 0 bridgehead atoms. The molecule has 0 aromatic heterocycles. The molecule has 58 valence electrons. The van der Waals surface area contributed by atoms with Gasteiger partial charge in [0.05, 0.1) is 6.42 Å². The Morgan fingerprint density at radius 2 is 2.09 bits per heavy atom. The third-order valence-electron chi connectivity index (χ3n) is 1.88. The van der Waals surface area contributed by atoms with E-state index >= 15 is 0 Å². The maximum Gasteiger partial charge on any atom is 0.167 e. The fourth-order valence-corrected chi connectivity index (χ4v) is 1.17. The smallest absolute Gasteiger partial charge is 0.167 e. The van der Waals surface area contributed by atoms with E-state index in [1.165, 1.54) is 0 Å². The molecule has 0 aromatic rings. The molecule has 1 aliphatic rings. The minimum Gasteiger partial charge on any atom is -0.294 e. The SMILES string of the molecule is C=CCC1=C(C)C(=O)CC1=O. The van der Waals surface area contributed by atoms with Crippen molar-refractivity contribution >= 4 is 11.6 Å². The molecule has 0 atom stereocenters. The Morgan fingerprint density at radius 3 is 2.45 bits per heavy atom. The van der Waals surface area contributed by atoms with Crippen LogP contribution in [0.1, 0.15) is 19.8 Å². The summed E-state index contributed by atoms with van der Waals surface area (Å²) in [5.74, 6) is -0.0701. The van der Waals surface area contributed by atoms with E-state index < -0.39 is 0 Å². The summed E-state index contributed by atoms with van der Waals surface area (Å²) < 4.78 is 0. The summed E-state index contributed by atoms with van der Waals surface area (Å²) in [6.07, 6.45) is 2.24. The van der Waals surface area contributed by atoms with Crippen molar-refractivity contribution in [1.82, 2.24) is 0 Å². The Labute approximate surface area is 65.6 Å². The topological polar surface area (TPSA) is 34.1 Å². The first-order valence-corrected chi connectivity index (χ1v) is 3.54. The van der Waals surface area contributed by atoms with E-state index in [0.717, 1.165) is 0 Å². The molecule has 0 amide bonds. The van der Waals surface area contributed by atoms with E-state index in [4.69, 9.17) is 0 Å². The van der Waals surface area contributed by atoms with Gasteiger partial charge in [0.1, 0.15) is 0 Å². The van der Waals surface area contributed by atoms with Gasteiger partial charge in [-0.05, 0) is 18.9 Å². The van der Waals surface area contributed by atoms with E-state index in [9.17, 15) is 9.59 Å². The average Bonchev–Trinajstić information content (AvgIpc) is 2.17. The zero-order chi connectivity index (χ0) is 8.43. The van der Waals surface area contributed by atoms with E-state index in [0.29, 0.717) is 17.6 Å². The van der Waals surface area contributed by atoms with E-state index in [2.05, 4.69) is 6.58 Å². The minimum absolute atomic E-state index is 0.0348. The van der Waals surface area contributed by atoms with Gasteiger partial charge in [0.15, 0.2) is 11.6 Å². The van der Waals surface area contributed by atoms with Gasteiger partial charge in [-0.1, -0.05) is 6.08 Å². The highest BCUT2D eigenvalue weighted by molar-refractivity contribution is 6.22. The maximum absolute atomic E-state index is 11.1. The van der Waals surface area contributed by atoms with Gasteiger partial charge >= 0.3 is 0 Å². The first-order chi connectivity index (χ1) is 5.16. The zero-order valence-electron chi connectivity index (χ0n) is 6.52. The Bertz CT molecular complexity index is 259. The van der Waals surface area contributed by atoms with Gasteiger partial charge in [-0.2, -0.15) is 0 Å². The van der Waals surface area contributed by atoms with Crippen molar-refractivity contribution in [2.24, 2.45) is 0 Å². The van der Waals surface area contributed by atoms with Crippen LogP contribution in [0, 0.1) is 0 Å². The fourth-order valence-electron chi connectivity index (χ4n) is 1.17. The number of rotatable bonds is 2. The summed E-state index contributed by atoms with van der Waals surface area (Å²) in [7, 11) is 0. The highest BCUT2D eigenvalue weighted by Crippen LogP contribution is 2.21. The summed E-state index contributed by atoms with van der Waals surface area (Å²) in [5, 5.41) is 0. The van der Waals surface area contributed by atoms with Crippen LogP contribution in [0.5, 0.6) is 0 Å². The molecule has 1 rings (SSSR count). The lowest BCUT2D eigenvalue weighted by Gasteiger charge is -1.93. The Kier molecular flexibility index (Phi) is 2.03. The molecule has 0 aliphatic heterocycles. The molecule has 0 N–H and O–H groups in total. The zero-order valence-corrected chi connectivity index (χ0v) is 6.52. The predicted molar refractivity (Wildman–Crippen MR) is 42.1 cm³/mol. The van der Waals surface area contributed by atoms with Gasteiger partial charge in [-0.3, -0.25) is 9.59 Å². The lowest BCUT2D eigenvalue weighted by molar-refractivity contribution is -0.121. The second-order valence-electron chi connectivity index (χ2n) is 2.62. The summed E-state index contributed by atoms with van der Waals surface area (Å²) in [5.41, 5.74) is 1.26. The highest BCUT2D eigenvalue weighted by atomic mass is 16.2. The largest absolute Gasteiger partial charge is 0.294 e. The summed E-state index contributed by atoms with van der Waals surface area (Å²) in [6, 6.07) is 0. The second kappa shape index (κ2) is 2.82. The van der Waals surface area contributed by atoms with Crippen LogP contribution < -0.4 is 0 Å². The lowest BCUT2D eigenvalue weighted by atomic mass is 10.1. The monoisotopic (exact) mass is 150 g/mol. The van der Waals surface area contributed by atoms with Gasteiger partial charge in [-0.15, -0.1) is 6.58 Å². The summed E-state index contributed by atoms with van der Waals surface area (Å²) in [4.78, 5) is 22.0. The molecule has 0 spiro atoms. The van der Waals surface area contributed by atoms with Crippen LogP contribution in [0.3, 0.4) is 0 Å². The van der Waals surface area contributed by atoms with Crippen LogP contribution >= 0.6 is 0 Å². The molecule has 0 heterocycles. The highest BCUT2D eigenvalue weighted by Gasteiger charge is 2.25. The number of hydrogen-bond donors (Lipinski definition) is 0. The molecule has 2 heteroatoms. The van der Waals surface area contributed by atoms with Crippen LogP contribution in [0.25, 0.3) is 0 Å². The third kappa shape index (κ3) is 1.29. The quantitative estimate of drug-likeness (QED) is 0.440. The van der Waals surface area contributed by atoms with Crippen LogP contribution in [-0.4, -0.2) is 11.6 Å². The van der Waals surface area contributed by atoms with Crippen molar-refractivity contribution in [3.63, 3.8) is 0 Å². The molecular formula is C9H10O2. The first kappa shape index (κ1) is 7.92. The van der Waals surface area contributed by atoms with Crippen LogP contribution in [0.4, 0.5) is 0 Å². The minimum atomic E-state index is -0.0353. The number of Topliss-reactive ketones (excluding diaryl/α,β-unsaturated/α-hetero) is 2. The van der Waals surface area contributed by atoms with E-state index in [-0.39, 0.29) is 18.0 Å². The molecule has 0 saturated heterocycles. The van der Waals surface area contributed by atoms with Gasteiger partial charge < -0.3 is 0 Å². The number of hydrogen-bond acceptors (Lipinski definition) is 2. The summed E-state index contributed by atoms with van der Waals surface area (Å²) >= 11 is 0. The molecule has 0 fully saturated rings. The van der Waals surface area contributed by atoms with Crippen LogP contribution in [-0.2, 0) is 9.59 Å². The lowest BCUT2D eigenvalue weighted by Crippen LogP contribution is -1.96. The average molecular weight is 150 g/mol. The van der Waals surface area contributed by atoms with Gasteiger partial charge in [0.25, 0.3) is 0 Å². The van der Waals surface area contributed by atoms with Gasteiger partial charge in [0.2, 0.25) is 0 Å². The van der Waals surface area contributed by atoms with Crippen LogP contribution in [0.2, 0.25) is 0 Å². The van der Waals surface area contributed by atoms with E-state index in [1.54, 1.807) is 13.0 Å². The standard InChI is InChI=1S/C9H10O2/c1-3-4-7-6(2)8(10)5-9(7)11/h3H,1,4-5H2,2H3. The Morgan fingerprint density at radius 1 is 1.45 bits per heavy atom. The van der Waals surface area contributed by atoms with Crippen molar-refractivity contribution in [3.05, 3.63) is 23.8 Å². The number of allylic oxidation sites excluding steroid dienone is 3. The Balaban J connectivity index is 2.96. The van der Waals surface area contributed by atoms with Crippen molar-refractivity contribution in [1.29, 1.82) is 0 Å². The molecule has 0 unspecified atom stereocenters. The van der Waals surface area contributed by atoms with Crippen molar-refractivity contribution in [3.8, 4) is 0 Å². The first-order valence-electron chi connectivity index (χ1n) is 3.54. The number of ketones is 2. The molecular weight excluding hydrogens is 140 g/mol.